The van der Waals surface area contributed by atoms with Crippen LogP contribution in [-0.2, 0) is 11.3 Å². The Hall–Kier alpha value is -1.29. The molecule has 0 aromatic carbocycles. The van der Waals surface area contributed by atoms with Crippen molar-refractivity contribution in [2.24, 2.45) is 0 Å². The normalized spacial score (nSPS) is 21.4. The molecule has 1 saturated heterocycles. The Morgan fingerprint density at radius 2 is 2.44 bits per heavy atom. The van der Waals surface area contributed by atoms with Crippen LogP contribution in [0.3, 0.4) is 0 Å². The van der Waals surface area contributed by atoms with E-state index in [4.69, 9.17) is 4.42 Å². The minimum atomic E-state index is -0.0301. The highest BCUT2D eigenvalue weighted by atomic mass is 16.3. The van der Waals surface area contributed by atoms with Crippen molar-refractivity contribution in [2.75, 3.05) is 6.54 Å². The zero-order chi connectivity index (χ0) is 11.2. The van der Waals surface area contributed by atoms with Crippen LogP contribution in [0, 0.1) is 0 Å². The number of furan rings is 1. The van der Waals surface area contributed by atoms with Crippen LogP contribution in [0.15, 0.2) is 22.8 Å². The summed E-state index contributed by atoms with van der Waals surface area (Å²) in [4.78, 5) is 11.8. The lowest BCUT2D eigenvalue weighted by atomic mass is 10.1. The van der Waals surface area contributed by atoms with E-state index in [0.29, 0.717) is 6.54 Å². The van der Waals surface area contributed by atoms with Gasteiger partial charge in [-0.3, -0.25) is 4.79 Å². The molecule has 2 heterocycles. The van der Waals surface area contributed by atoms with E-state index in [2.05, 4.69) is 10.6 Å². The summed E-state index contributed by atoms with van der Waals surface area (Å²) in [6, 6.07) is 3.66. The number of amides is 1. The molecule has 1 aliphatic heterocycles. The summed E-state index contributed by atoms with van der Waals surface area (Å²) in [5.41, 5.74) is 0. The van der Waals surface area contributed by atoms with Crippen molar-refractivity contribution in [1.29, 1.82) is 0 Å². The molecule has 1 aliphatic rings. The van der Waals surface area contributed by atoms with E-state index in [-0.39, 0.29) is 11.9 Å². The van der Waals surface area contributed by atoms with Gasteiger partial charge in [0, 0.05) is 0 Å². The van der Waals surface area contributed by atoms with Gasteiger partial charge in [-0.2, -0.15) is 0 Å². The molecule has 1 atom stereocenters. The van der Waals surface area contributed by atoms with E-state index in [9.17, 15) is 4.79 Å². The highest BCUT2D eigenvalue weighted by molar-refractivity contribution is 5.81. The van der Waals surface area contributed by atoms with Crippen molar-refractivity contribution in [1.82, 2.24) is 10.6 Å². The predicted molar refractivity (Wildman–Crippen MR) is 60.8 cm³/mol. The number of carbonyl (C=O) groups is 1. The number of rotatable bonds is 3. The van der Waals surface area contributed by atoms with Gasteiger partial charge in [0.15, 0.2) is 0 Å². The summed E-state index contributed by atoms with van der Waals surface area (Å²) < 4.78 is 5.16. The fraction of sp³-hybridized carbons (Fsp3) is 0.583. The summed E-state index contributed by atoms with van der Waals surface area (Å²) >= 11 is 0. The summed E-state index contributed by atoms with van der Waals surface area (Å²) in [5, 5.41) is 6.16. The highest BCUT2D eigenvalue weighted by Crippen LogP contribution is 2.08. The van der Waals surface area contributed by atoms with Crippen LogP contribution < -0.4 is 10.6 Å². The van der Waals surface area contributed by atoms with Crippen molar-refractivity contribution in [2.45, 2.75) is 38.3 Å². The molecule has 88 valence electrons. The number of hydrogen-bond donors (Lipinski definition) is 2. The molecular formula is C12H18N2O2. The molecule has 0 spiro atoms. The molecule has 0 bridgehead atoms. The molecule has 1 fully saturated rings. The van der Waals surface area contributed by atoms with Gasteiger partial charge in [-0.15, -0.1) is 0 Å². The van der Waals surface area contributed by atoms with E-state index in [1.807, 2.05) is 12.1 Å². The van der Waals surface area contributed by atoms with Crippen LogP contribution in [0.4, 0.5) is 0 Å². The lowest BCUT2D eigenvalue weighted by Gasteiger charge is -2.14. The lowest BCUT2D eigenvalue weighted by molar-refractivity contribution is -0.123. The average Bonchev–Trinajstić information content (AvgIpc) is 2.66. The van der Waals surface area contributed by atoms with Crippen LogP contribution in [0.5, 0.6) is 0 Å². The highest BCUT2D eigenvalue weighted by Gasteiger charge is 2.18. The van der Waals surface area contributed by atoms with Gasteiger partial charge in [0.2, 0.25) is 5.91 Å². The van der Waals surface area contributed by atoms with Gasteiger partial charge in [-0.1, -0.05) is 12.8 Å². The van der Waals surface area contributed by atoms with Crippen molar-refractivity contribution in [3.05, 3.63) is 24.2 Å². The molecule has 0 aliphatic carbocycles. The van der Waals surface area contributed by atoms with E-state index < -0.39 is 0 Å². The Morgan fingerprint density at radius 1 is 1.50 bits per heavy atom. The largest absolute Gasteiger partial charge is 0.467 e. The fourth-order valence-electron chi connectivity index (χ4n) is 1.96. The third-order valence-electron chi connectivity index (χ3n) is 2.89. The second kappa shape index (κ2) is 5.70. The van der Waals surface area contributed by atoms with Crippen molar-refractivity contribution < 1.29 is 9.21 Å². The van der Waals surface area contributed by atoms with E-state index in [1.165, 1.54) is 12.8 Å². The second-order valence-corrected chi connectivity index (χ2v) is 4.15. The maximum atomic E-state index is 11.8. The SMILES string of the molecule is O=C(NCc1ccco1)C1CCCCCN1. The molecule has 1 unspecified atom stereocenters. The van der Waals surface area contributed by atoms with E-state index >= 15 is 0 Å². The zero-order valence-corrected chi connectivity index (χ0v) is 9.37. The van der Waals surface area contributed by atoms with Crippen LogP contribution in [-0.4, -0.2) is 18.5 Å². The van der Waals surface area contributed by atoms with Crippen molar-refractivity contribution in [3.8, 4) is 0 Å². The topological polar surface area (TPSA) is 54.3 Å². The first kappa shape index (κ1) is 11.2. The minimum Gasteiger partial charge on any atom is -0.467 e. The second-order valence-electron chi connectivity index (χ2n) is 4.15. The Bertz CT molecular complexity index is 314. The van der Waals surface area contributed by atoms with Gasteiger partial charge in [-0.25, -0.2) is 0 Å². The summed E-state index contributed by atoms with van der Waals surface area (Å²) in [6.45, 7) is 1.42. The fourth-order valence-corrected chi connectivity index (χ4v) is 1.96. The molecule has 2 N–H and O–H groups in total. The molecular weight excluding hydrogens is 204 g/mol. The maximum Gasteiger partial charge on any atom is 0.237 e. The monoisotopic (exact) mass is 222 g/mol. The van der Waals surface area contributed by atoms with Crippen LogP contribution >= 0.6 is 0 Å². The van der Waals surface area contributed by atoms with Gasteiger partial charge < -0.3 is 15.1 Å². The first-order chi connectivity index (χ1) is 7.86. The molecule has 1 aromatic heterocycles. The number of carbonyl (C=O) groups excluding carboxylic acids is 1. The molecule has 1 amide bonds. The van der Waals surface area contributed by atoms with E-state index in [1.54, 1.807) is 6.26 Å². The smallest absolute Gasteiger partial charge is 0.237 e. The standard InChI is InChI=1S/C12H18N2O2/c15-12(11-6-2-1-3-7-13-11)14-9-10-5-4-8-16-10/h4-5,8,11,13H,1-3,6-7,9H2,(H,14,15). The average molecular weight is 222 g/mol. The van der Waals surface area contributed by atoms with Crippen LogP contribution in [0.25, 0.3) is 0 Å². The Morgan fingerprint density at radius 3 is 3.25 bits per heavy atom. The van der Waals surface area contributed by atoms with Gasteiger partial charge in [0.05, 0.1) is 18.8 Å². The van der Waals surface area contributed by atoms with Gasteiger partial charge in [0.1, 0.15) is 5.76 Å². The minimum absolute atomic E-state index is 0.0301. The third kappa shape index (κ3) is 3.10. The van der Waals surface area contributed by atoms with Gasteiger partial charge >= 0.3 is 0 Å². The Balaban J connectivity index is 1.78. The summed E-state index contributed by atoms with van der Waals surface area (Å²) in [6.07, 6.45) is 6.07. The summed E-state index contributed by atoms with van der Waals surface area (Å²) in [7, 11) is 0. The first-order valence-electron chi connectivity index (χ1n) is 5.90. The molecule has 1 aromatic rings. The zero-order valence-electron chi connectivity index (χ0n) is 9.37. The molecule has 16 heavy (non-hydrogen) atoms. The molecule has 0 saturated carbocycles. The van der Waals surface area contributed by atoms with Crippen LogP contribution in [0.2, 0.25) is 0 Å². The Labute approximate surface area is 95.4 Å². The molecule has 0 radical (unpaired) electrons. The molecule has 4 heteroatoms. The van der Waals surface area contributed by atoms with Crippen LogP contribution in [0.1, 0.15) is 31.4 Å². The number of hydrogen-bond acceptors (Lipinski definition) is 3. The molecule has 4 nitrogen and oxygen atoms in total. The van der Waals surface area contributed by atoms with Crippen molar-refractivity contribution >= 4 is 5.91 Å². The van der Waals surface area contributed by atoms with Gasteiger partial charge in [0.25, 0.3) is 0 Å². The first-order valence-corrected chi connectivity index (χ1v) is 5.90. The Kier molecular flexibility index (Phi) is 3.99. The summed E-state index contributed by atoms with van der Waals surface area (Å²) in [5.74, 6) is 0.875. The van der Waals surface area contributed by atoms with E-state index in [0.717, 1.165) is 25.1 Å². The molecule has 2 rings (SSSR count). The van der Waals surface area contributed by atoms with Gasteiger partial charge in [-0.05, 0) is 31.5 Å². The third-order valence-corrected chi connectivity index (χ3v) is 2.89. The van der Waals surface area contributed by atoms with Crippen molar-refractivity contribution in [3.63, 3.8) is 0 Å². The lowest BCUT2D eigenvalue weighted by Crippen LogP contribution is -2.43. The predicted octanol–water partition coefficient (Wildman–Crippen LogP) is 1.43. The quantitative estimate of drug-likeness (QED) is 0.813. The number of nitrogens with one attached hydrogen (secondary N) is 2. The maximum absolute atomic E-state index is 11.8.